The first-order valence-corrected chi connectivity index (χ1v) is 8.18. The average molecular weight is 351 g/mol. The summed E-state index contributed by atoms with van der Waals surface area (Å²) in [6.45, 7) is 3.44. The lowest BCUT2D eigenvalue weighted by Crippen LogP contribution is -2.37. The Hall–Kier alpha value is -2.12. The lowest BCUT2D eigenvalue weighted by molar-refractivity contribution is -0.138. The molecule has 2 heterocycles. The quantitative estimate of drug-likeness (QED) is 0.898. The van der Waals surface area contributed by atoms with Crippen LogP contribution < -0.4 is 10.2 Å². The van der Waals surface area contributed by atoms with Crippen molar-refractivity contribution in [3.8, 4) is 0 Å². The van der Waals surface area contributed by atoms with Gasteiger partial charge in [0.15, 0.2) is 0 Å². The number of morpholine rings is 1. The lowest BCUT2D eigenvalue weighted by atomic mass is 10.1. The van der Waals surface area contributed by atoms with Gasteiger partial charge in [-0.05, 0) is 17.7 Å². The first-order chi connectivity index (χ1) is 12.1. The molecule has 0 amide bonds. The maximum Gasteiger partial charge on any atom is 0.416 e. The molecule has 1 aliphatic rings. The maximum atomic E-state index is 13.0. The van der Waals surface area contributed by atoms with Crippen LogP contribution in [0, 0.1) is 0 Å². The summed E-state index contributed by atoms with van der Waals surface area (Å²) in [6, 6.07) is 9.42. The van der Waals surface area contributed by atoms with Gasteiger partial charge in [-0.2, -0.15) is 13.2 Å². The van der Waals surface area contributed by atoms with Crippen molar-refractivity contribution in [2.24, 2.45) is 0 Å². The predicted octanol–water partition coefficient (Wildman–Crippen LogP) is 3.23. The molecule has 3 rings (SSSR count). The number of alkyl halides is 3. The molecule has 25 heavy (non-hydrogen) atoms. The Morgan fingerprint density at radius 1 is 1.00 bits per heavy atom. The number of anilines is 1. The smallest absolute Gasteiger partial charge is 0.378 e. The Balaban J connectivity index is 1.67. The van der Waals surface area contributed by atoms with Gasteiger partial charge >= 0.3 is 6.18 Å². The highest BCUT2D eigenvalue weighted by Crippen LogP contribution is 2.31. The van der Waals surface area contributed by atoms with E-state index in [2.05, 4.69) is 15.2 Å². The van der Waals surface area contributed by atoms with Crippen molar-refractivity contribution in [2.45, 2.75) is 19.3 Å². The van der Waals surface area contributed by atoms with Crippen molar-refractivity contribution in [3.63, 3.8) is 0 Å². The molecule has 1 aromatic carbocycles. The molecule has 0 unspecified atom stereocenters. The van der Waals surface area contributed by atoms with Gasteiger partial charge in [-0.3, -0.25) is 0 Å². The van der Waals surface area contributed by atoms with Gasteiger partial charge in [0, 0.05) is 37.9 Å². The van der Waals surface area contributed by atoms with Crippen molar-refractivity contribution in [1.82, 2.24) is 10.3 Å². The third-order valence-electron chi connectivity index (χ3n) is 4.13. The number of nitrogens with one attached hydrogen (secondary N) is 1. The van der Waals surface area contributed by atoms with E-state index in [0.29, 0.717) is 19.8 Å². The van der Waals surface area contributed by atoms with Gasteiger partial charge in [0.2, 0.25) is 0 Å². The van der Waals surface area contributed by atoms with Crippen LogP contribution in [0.3, 0.4) is 0 Å². The van der Waals surface area contributed by atoms with Crippen LogP contribution in [0.4, 0.5) is 19.0 Å². The number of rotatable bonds is 5. The fourth-order valence-corrected chi connectivity index (χ4v) is 2.91. The van der Waals surface area contributed by atoms with Crippen LogP contribution in [-0.4, -0.2) is 31.3 Å². The number of hydrogen-bond donors (Lipinski definition) is 1. The highest BCUT2D eigenvalue weighted by Gasteiger charge is 2.32. The van der Waals surface area contributed by atoms with Gasteiger partial charge in [0.05, 0.1) is 18.8 Å². The third-order valence-corrected chi connectivity index (χ3v) is 4.13. The van der Waals surface area contributed by atoms with E-state index in [-0.39, 0.29) is 12.1 Å². The Kier molecular flexibility index (Phi) is 5.55. The minimum absolute atomic E-state index is 0.146. The van der Waals surface area contributed by atoms with E-state index in [0.717, 1.165) is 30.5 Å². The summed E-state index contributed by atoms with van der Waals surface area (Å²) in [5, 5.41) is 3.11. The van der Waals surface area contributed by atoms with E-state index in [1.165, 1.54) is 12.1 Å². The fourth-order valence-electron chi connectivity index (χ4n) is 2.91. The summed E-state index contributed by atoms with van der Waals surface area (Å²) in [5.74, 6) is 0.863. The molecule has 1 N–H and O–H groups in total. The summed E-state index contributed by atoms with van der Waals surface area (Å²) < 4.78 is 44.5. The second kappa shape index (κ2) is 7.84. The molecule has 0 atom stereocenters. The lowest BCUT2D eigenvalue weighted by Gasteiger charge is -2.29. The largest absolute Gasteiger partial charge is 0.416 e. The number of benzene rings is 1. The maximum absolute atomic E-state index is 13.0. The zero-order chi connectivity index (χ0) is 17.7. The van der Waals surface area contributed by atoms with Crippen molar-refractivity contribution >= 4 is 5.82 Å². The molecular weight excluding hydrogens is 331 g/mol. The first-order valence-electron chi connectivity index (χ1n) is 8.18. The molecule has 0 radical (unpaired) electrons. The first kappa shape index (κ1) is 17.7. The number of aromatic nitrogens is 1. The van der Waals surface area contributed by atoms with Crippen LogP contribution in [-0.2, 0) is 24.0 Å². The van der Waals surface area contributed by atoms with E-state index >= 15 is 0 Å². The van der Waals surface area contributed by atoms with Crippen LogP contribution in [0.5, 0.6) is 0 Å². The Morgan fingerprint density at radius 2 is 1.68 bits per heavy atom. The van der Waals surface area contributed by atoms with Crippen LogP contribution >= 0.6 is 0 Å². The molecule has 2 aromatic rings. The van der Waals surface area contributed by atoms with E-state index in [1.54, 1.807) is 12.3 Å². The van der Waals surface area contributed by atoms with Crippen LogP contribution in [0.25, 0.3) is 0 Å². The SMILES string of the molecule is FC(F)(F)c1ccccc1CNCc1cccnc1N1CCOCC1. The number of nitrogens with zero attached hydrogens (tertiary/aromatic N) is 2. The minimum Gasteiger partial charge on any atom is -0.378 e. The van der Waals surface area contributed by atoms with Crippen molar-refractivity contribution in [1.29, 1.82) is 0 Å². The average Bonchev–Trinajstić information content (AvgIpc) is 2.62. The fraction of sp³-hybridized carbons (Fsp3) is 0.389. The Morgan fingerprint density at radius 3 is 2.44 bits per heavy atom. The number of halogens is 3. The topological polar surface area (TPSA) is 37.4 Å². The molecule has 1 aliphatic heterocycles. The van der Waals surface area contributed by atoms with Crippen LogP contribution in [0.2, 0.25) is 0 Å². The molecule has 1 aromatic heterocycles. The normalized spacial score (nSPS) is 15.4. The molecule has 0 spiro atoms. The van der Waals surface area contributed by atoms with E-state index in [4.69, 9.17) is 4.74 Å². The monoisotopic (exact) mass is 351 g/mol. The minimum atomic E-state index is -4.34. The molecule has 134 valence electrons. The number of ether oxygens (including phenoxy) is 1. The molecule has 0 aliphatic carbocycles. The van der Waals surface area contributed by atoms with E-state index in [9.17, 15) is 13.2 Å². The summed E-state index contributed by atoms with van der Waals surface area (Å²) in [4.78, 5) is 6.58. The van der Waals surface area contributed by atoms with Gasteiger partial charge in [0.25, 0.3) is 0 Å². The van der Waals surface area contributed by atoms with E-state index in [1.807, 2.05) is 12.1 Å². The number of hydrogen-bond acceptors (Lipinski definition) is 4. The second-order valence-electron chi connectivity index (χ2n) is 5.84. The second-order valence-corrected chi connectivity index (χ2v) is 5.84. The molecule has 0 bridgehead atoms. The summed E-state index contributed by atoms with van der Waals surface area (Å²) in [6.07, 6.45) is -2.61. The van der Waals surface area contributed by atoms with Gasteiger partial charge in [0.1, 0.15) is 5.82 Å². The van der Waals surface area contributed by atoms with Crippen LogP contribution in [0.15, 0.2) is 42.6 Å². The van der Waals surface area contributed by atoms with Crippen molar-refractivity contribution in [2.75, 3.05) is 31.2 Å². The highest BCUT2D eigenvalue weighted by molar-refractivity contribution is 5.47. The molecule has 0 saturated carbocycles. The molecule has 1 saturated heterocycles. The standard InChI is InChI=1S/C18H20F3N3O/c19-18(20,21)16-6-2-1-4-14(16)12-22-13-15-5-3-7-23-17(15)24-8-10-25-11-9-24/h1-7,22H,8-13H2. The molecular formula is C18H20F3N3O. The summed E-state index contributed by atoms with van der Waals surface area (Å²) in [7, 11) is 0. The zero-order valence-electron chi connectivity index (χ0n) is 13.7. The van der Waals surface area contributed by atoms with Gasteiger partial charge in [-0.25, -0.2) is 4.98 Å². The Labute approximate surface area is 144 Å². The highest BCUT2D eigenvalue weighted by atomic mass is 19.4. The summed E-state index contributed by atoms with van der Waals surface area (Å²) >= 11 is 0. The molecule has 7 heteroatoms. The van der Waals surface area contributed by atoms with Crippen molar-refractivity contribution in [3.05, 3.63) is 59.3 Å². The van der Waals surface area contributed by atoms with Crippen molar-refractivity contribution < 1.29 is 17.9 Å². The van der Waals surface area contributed by atoms with Gasteiger partial charge < -0.3 is 15.0 Å². The zero-order valence-corrected chi connectivity index (χ0v) is 13.7. The number of pyridine rings is 1. The molecule has 4 nitrogen and oxygen atoms in total. The third kappa shape index (κ3) is 4.49. The summed E-state index contributed by atoms with van der Waals surface area (Å²) in [5.41, 5.74) is 0.614. The predicted molar refractivity (Wildman–Crippen MR) is 89.3 cm³/mol. The van der Waals surface area contributed by atoms with Crippen LogP contribution in [0.1, 0.15) is 16.7 Å². The Bertz CT molecular complexity index is 700. The van der Waals surface area contributed by atoms with E-state index < -0.39 is 11.7 Å². The van der Waals surface area contributed by atoms with Gasteiger partial charge in [-0.15, -0.1) is 0 Å². The molecule has 1 fully saturated rings. The van der Waals surface area contributed by atoms with Gasteiger partial charge in [-0.1, -0.05) is 24.3 Å².